The first-order valence-electron chi connectivity index (χ1n) is 12.9. The zero-order valence-electron chi connectivity index (χ0n) is 23.6. The number of hydrogen-bond donors (Lipinski definition) is 1. The van der Waals surface area contributed by atoms with Crippen molar-refractivity contribution < 1.29 is 39.5 Å². The highest BCUT2D eigenvalue weighted by molar-refractivity contribution is 7.90. The lowest BCUT2D eigenvalue weighted by atomic mass is 10.0. The van der Waals surface area contributed by atoms with E-state index in [2.05, 4.69) is 15.1 Å². The summed E-state index contributed by atoms with van der Waals surface area (Å²) in [7, 11) is -1.90. The number of alkyl halides is 6. The average molecular weight is 638 g/mol. The molecule has 0 spiro atoms. The van der Waals surface area contributed by atoms with Crippen LogP contribution in [0.15, 0.2) is 78.0 Å². The molecule has 2 heterocycles. The molecule has 1 N–H and O–H groups in total. The smallest absolute Gasteiger partial charge is 0.406 e. The zero-order chi connectivity index (χ0) is 32.2. The Morgan fingerprint density at radius 3 is 2.16 bits per heavy atom. The van der Waals surface area contributed by atoms with Crippen molar-refractivity contribution in [1.82, 2.24) is 20.1 Å². The van der Waals surface area contributed by atoms with Gasteiger partial charge < -0.3 is 14.7 Å². The van der Waals surface area contributed by atoms with Gasteiger partial charge in [-0.2, -0.15) is 13.2 Å². The van der Waals surface area contributed by atoms with Gasteiger partial charge in [-0.3, -0.25) is 5.01 Å². The molecule has 15 heteroatoms. The minimum atomic E-state index is -4.88. The van der Waals surface area contributed by atoms with E-state index in [9.17, 15) is 34.8 Å². The number of benzene rings is 3. The molecular formula is C29H25F6N5O3S. The van der Waals surface area contributed by atoms with E-state index in [1.54, 1.807) is 48.6 Å². The van der Waals surface area contributed by atoms with Gasteiger partial charge in [0.2, 0.25) is 0 Å². The number of ether oxygens (including phenoxy) is 1. The maximum absolute atomic E-state index is 13.6. The molecule has 3 aromatic carbocycles. The Bertz CT molecular complexity index is 1880. The standard InChI is InChI=1S/C29H25F6N5O3S/c1-17-12-21(9-11-26(17)43-29(33,34)35)25-15-36-38(3)40(25)24-14-20(19-6-5-7-22(13-19)44(4,41)42)8-10-23(24)39-16-27(28(30,31)32)37-18(39)2/h5-16,36H,1-4H3. The molecular weight excluding hydrogens is 612 g/mol. The van der Waals surface area contributed by atoms with E-state index >= 15 is 0 Å². The van der Waals surface area contributed by atoms with E-state index in [-0.39, 0.29) is 22.0 Å². The number of aryl methyl sites for hydroxylation is 2. The molecule has 0 saturated heterocycles. The molecule has 0 bridgehead atoms. The third-order valence-electron chi connectivity index (χ3n) is 6.84. The molecule has 0 atom stereocenters. The van der Waals surface area contributed by atoms with Crippen LogP contribution >= 0.6 is 0 Å². The number of rotatable bonds is 6. The Balaban J connectivity index is 1.68. The van der Waals surface area contributed by atoms with E-state index in [1.807, 2.05) is 0 Å². The SMILES string of the molecule is Cc1cc(C2=CNN(C)N2c2cc(-c3cccc(S(C)(=O)=O)c3)ccc2-n2cc(C(F)(F)F)nc2C)ccc1OC(F)(F)F. The first kappa shape index (κ1) is 30.9. The highest BCUT2D eigenvalue weighted by atomic mass is 32.2. The summed E-state index contributed by atoms with van der Waals surface area (Å²) in [5.74, 6) is -0.329. The van der Waals surface area contributed by atoms with Gasteiger partial charge in [-0.1, -0.05) is 18.2 Å². The molecule has 0 saturated carbocycles. The van der Waals surface area contributed by atoms with E-state index in [0.29, 0.717) is 33.8 Å². The van der Waals surface area contributed by atoms with Gasteiger partial charge >= 0.3 is 12.5 Å². The Morgan fingerprint density at radius 1 is 0.864 bits per heavy atom. The zero-order valence-corrected chi connectivity index (χ0v) is 24.4. The van der Waals surface area contributed by atoms with Crippen molar-refractivity contribution in [3.8, 4) is 22.6 Å². The monoisotopic (exact) mass is 637 g/mol. The molecule has 0 unspecified atom stereocenters. The number of nitrogens with zero attached hydrogens (tertiary/aromatic N) is 4. The second kappa shape index (κ2) is 10.9. The molecule has 1 aliphatic rings. The van der Waals surface area contributed by atoms with Crippen molar-refractivity contribution in [1.29, 1.82) is 0 Å². The van der Waals surface area contributed by atoms with Gasteiger partial charge in [0.05, 0.1) is 22.0 Å². The van der Waals surface area contributed by atoms with Crippen LogP contribution in [0.25, 0.3) is 22.5 Å². The van der Waals surface area contributed by atoms with Crippen LogP contribution in [0.4, 0.5) is 32.0 Å². The molecule has 4 aromatic rings. The summed E-state index contributed by atoms with van der Waals surface area (Å²) in [6.07, 6.45) is -6.04. The lowest BCUT2D eigenvalue weighted by Crippen LogP contribution is -2.40. The third-order valence-corrected chi connectivity index (χ3v) is 7.95. The van der Waals surface area contributed by atoms with Gasteiger partial charge in [0.25, 0.3) is 0 Å². The van der Waals surface area contributed by atoms with Crippen LogP contribution in [-0.2, 0) is 16.0 Å². The number of hydrazine groups is 2. The highest BCUT2D eigenvalue weighted by Gasteiger charge is 2.36. The minimum Gasteiger partial charge on any atom is -0.406 e. The van der Waals surface area contributed by atoms with Gasteiger partial charge in [-0.25, -0.2) is 13.4 Å². The second-order valence-corrected chi connectivity index (χ2v) is 12.1. The molecule has 0 amide bonds. The Hall–Kier alpha value is -4.50. The van der Waals surface area contributed by atoms with E-state index in [0.717, 1.165) is 12.5 Å². The Labute approximate surface area is 248 Å². The Morgan fingerprint density at radius 2 is 1.55 bits per heavy atom. The van der Waals surface area contributed by atoms with Crippen LogP contribution in [0.5, 0.6) is 5.75 Å². The van der Waals surface area contributed by atoms with E-state index < -0.39 is 28.1 Å². The van der Waals surface area contributed by atoms with Gasteiger partial charge in [0, 0.05) is 31.3 Å². The number of imidazole rings is 1. The van der Waals surface area contributed by atoms with Crippen LogP contribution in [-0.4, -0.2) is 42.8 Å². The largest absolute Gasteiger partial charge is 0.573 e. The summed E-state index contributed by atoms with van der Waals surface area (Å²) in [4.78, 5) is 3.78. The molecule has 44 heavy (non-hydrogen) atoms. The summed E-state index contributed by atoms with van der Waals surface area (Å²) in [5, 5.41) is 3.17. The fraction of sp³-hybridized carbons (Fsp3) is 0.207. The van der Waals surface area contributed by atoms with Crippen LogP contribution in [0.1, 0.15) is 22.6 Å². The van der Waals surface area contributed by atoms with Crippen molar-refractivity contribution in [2.75, 3.05) is 18.3 Å². The van der Waals surface area contributed by atoms with Gasteiger partial charge in [-0.15, -0.1) is 18.3 Å². The van der Waals surface area contributed by atoms with Crippen molar-refractivity contribution in [2.24, 2.45) is 0 Å². The van der Waals surface area contributed by atoms with Gasteiger partial charge in [-0.05, 0) is 73.0 Å². The molecule has 0 aliphatic carbocycles. The number of nitrogens with one attached hydrogen (secondary N) is 1. The molecule has 1 aliphatic heterocycles. The number of halogens is 6. The number of aromatic nitrogens is 2. The lowest BCUT2D eigenvalue weighted by Gasteiger charge is -2.31. The van der Waals surface area contributed by atoms with E-state index in [4.69, 9.17) is 0 Å². The van der Waals surface area contributed by atoms with Crippen molar-refractivity contribution >= 4 is 21.2 Å². The summed E-state index contributed by atoms with van der Waals surface area (Å²) >= 11 is 0. The van der Waals surface area contributed by atoms with Crippen LogP contribution < -0.4 is 15.2 Å². The quantitative estimate of drug-likeness (QED) is 0.237. The van der Waals surface area contributed by atoms with Gasteiger partial charge in [0.15, 0.2) is 15.5 Å². The van der Waals surface area contributed by atoms with Crippen molar-refractivity contribution in [3.05, 3.63) is 95.7 Å². The first-order valence-corrected chi connectivity index (χ1v) is 14.8. The Kier molecular flexibility index (Phi) is 7.66. The topological polar surface area (TPSA) is 79.7 Å². The average Bonchev–Trinajstić information content (AvgIpc) is 3.51. The molecule has 0 radical (unpaired) electrons. The maximum Gasteiger partial charge on any atom is 0.573 e. The minimum absolute atomic E-state index is 0.0511. The first-order chi connectivity index (χ1) is 20.4. The molecule has 8 nitrogen and oxygen atoms in total. The van der Waals surface area contributed by atoms with Crippen LogP contribution in [0, 0.1) is 13.8 Å². The fourth-order valence-corrected chi connectivity index (χ4v) is 5.48. The molecule has 1 aromatic heterocycles. The number of hydrogen-bond acceptors (Lipinski definition) is 7. The molecule has 232 valence electrons. The summed E-state index contributed by atoms with van der Waals surface area (Å²) in [6, 6.07) is 15.2. The predicted molar refractivity (Wildman–Crippen MR) is 151 cm³/mol. The van der Waals surface area contributed by atoms with Crippen LogP contribution in [0.2, 0.25) is 0 Å². The predicted octanol–water partition coefficient (Wildman–Crippen LogP) is 6.65. The van der Waals surface area contributed by atoms with Gasteiger partial charge in [0.1, 0.15) is 11.6 Å². The number of anilines is 1. The molecule has 0 fully saturated rings. The van der Waals surface area contributed by atoms with E-state index in [1.165, 1.54) is 53.9 Å². The lowest BCUT2D eigenvalue weighted by molar-refractivity contribution is -0.274. The second-order valence-electron chi connectivity index (χ2n) is 10.1. The maximum atomic E-state index is 13.6. The van der Waals surface area contributed by atoms with Crippen molar-refractivity contribution in [2.45, 2.75) is 31.3 Å². The summed E-state index contributed by atoms with van der Waals surface area (Å²) in [5.41, 5.74) is 4.76. The third kappa shape index (κ3) is 6.24. The van der Waals surface area contributed by atoms with Crippen molar-refractivity contribution in [3.63, 3.8) is 0 Å². The summed E-state index contributed by atoms with van der Waals surface area (Å²) in [6.45, 7) is 2.88. The summed E-state index contributed by atoms with van der Waals surface area (Å²) < 4.78 is 109. The highest BCUT2D eigenvalue weighted by Crippen LogP contribution is 2.40. The fourth-order valence-electron chi connectivity index (χ4n) is 4.82. The normalized spacial score (nSPS) is 14.5. The number of sulfone groups is 1. The molecule has 5 rings (SSSR count). The van der Waals surface area contributed by atoms with Crippen LogP contribution in [0.3, 0.4) is 0 Å².